The van der Waals surface area contributed by atoms with Gasteiger partial charge in [0, 0.05) is 15.2 Å². The van der Waals surface area contributed by atoms with Gasteiger partial charge in [-0.3, -0.25) is 4.79 Å². The number of halogens is 7. The lowest BCUT2D eigenvalue weighted by molar-refractivity contribution is -0.143. The molecule has 2 aromatic carbocycles. The molecule has 0 radical (unpaired) electrons. The van der Waals surface area contributed by atoms with Crippen LogP contribution >= 0.6 is 22.6 Å². The lowest BCUT2D eigenvalue weighted by Gasteiger charge is -2.13. The minimum absolute atomic E-state index is 0.0141. The topological polar surface area (TPSA) is 83.6 Å². The molecule has 1 heterocycles. The molecule has 1 amide bonds. The molecule has 0 aliphatic rings. The highest BCUT2D eigenvalue weighted by Gasteiger charge is 2.36. The fraction of sp³-hybridized carbons (Fsp3) is 0.111. The quantitative estimate of drug-likeness (QED) is 0.266. The molecule has 0 aliphatic carbocycles. The van der Waals surface area contributed by atoms with E-state index >= 15 is 0 Å². The van der Waals surface area contributed by atoms with Crippen molar-refractivity contribution in [2.24, 2.45) is 0 Å². The summed E-state index contributed by atoms with van der Waals surface area (Å²) in [5.74, 6) is -0.595. The molecule has 13 heteroatoms. The van der Waals surface area contributed by atoms with Gasteiger partial charge in [0.2, 0.25) is 11.7 Å². The molecule has 0 fully saturated rings. The number of alkyl halides is 6. The first-order valence-corrected chi connectivity index (χ1v) is 9.33. The van der Waals surface area contributed by atoms with E-state index < -0.39 is 35.0 Å². The van der Waals surface area contributed by atoms with Gasteiger partial charge in [0.25, 0.3) is 0 Å². The average molecular weight is 553 g/mol. The van der Waals surface area contributed by atoms with Crippen molar-refractivity contribution in [2.75, 3.05) is 5.32 Å². The molecule has 6 nitrogen and oxygen atoms in total. The van der Waals surface area contributed by atoms with Gasteiger partial charge in [-0.1, -0.05) is 0 Å². The molecule has 0 bridgehead atoms. The maximum absolute atomic E-state index is 12.9. The molecule has 162 valence electrons. The molecular formula is C18H10F6IN5O. The first-order valence-electron chi connectivity index (χ1n) is 8.25. The number of rotatable bonds is 4. The highest BCUT2D eigenvalue weighted by Crippen LogP contribution is 2.36. The Hall–Kier alpha value is -2.97. The lowest BCUT2D eigenvalue weighted by Crippen LogP contribution is -2.11. The summed E-state index contributed by atoms with van der Waals surface area (Å²) in [6.07, 6.45) is -8.27. The molecule has 3 rings (SSSR count). The second-order valence-electron chi connectivity index (χ2n) is 6.09. The van der Waals surface area contributed by atoms with Crippen LogP contribution in [-0.4, -0.2) is 26.5 Å². The zero-order valence-electron chi connectivity index (χ0n) is 15.0. The summed E-state index contributed by atoms with van der Waals surface area (Å²) in [7, 11) is 0. The molecule has 2 N–H and O–H groups in total. The fourth-order valence-electron chi connectivity index (χ4n) is 2.51. The Morgan fingerprint density at radius 2 is 1.65 bits per heavy atom. The van der Waals surface area contributed by atoms with E-state index in [1.165, 1.54) is 0 Å². The molecule has 0 saturated carbocycles. The zero-order valence-corrected chi connectivity index (χ0v) is 17.2. The summed E-state index contributed by atoms with van der Waals surface area (Å²) < 4.78 is 78.5. The molecule has 0 saturated heterocycles. The third-order valence-corrected chi connectivity index (χ3v) is 4.53. The van der Waals surface area contributed by atoms with Crippen LogP contribution in [-0.2, 0) is 17.1 Å². The number of hydrogen-bond acceptors (Lipinski definition) is 4. The Morgan fingerprint density at radius 1 is 1.00 bits per heavy atom. The minimum Gasteiger partial charge on any atom is -0.322 e. The van der Waals surface area contributed by atoms with Crippen LogP contribution in [0, 0.1) is 3.57 Å². The number of aromatic nitrogens is 4. The van der Waals surface area contributed by atoms with Gasteiger partial charge in [0.05, 0.1) is 16.8 Å². The maximum atomic E-state index is 12.9. The number of nitrogens with one attached hydrogen (secondary N) is 2. The van der Waals surface area contributed by atoms with Crippen LogP contribution in [0.5, 0.6) is 0 Å². The van der Waals surface area contributed by atoms with Gasteiger partial charge in [0.1, 0.15) is 0 Å². The first-order chi connectivity index (χ1) is 14.4. The Labute approximate surface area is 183 Å². The van der Waals surface area contributed by atoms with Crippen LogP contribution in [0.2, 0.25) is 0 Å². The van der Waals surface area contributed by atoms with E-state index in [9.17, 15) is 31.1 Å². The summed E-state index contributed by atoms with van der Waals surface area (Å²) >= 11 is 2.03. The molecule has 1 aromatic heterocycles. The van der Waals surface area contributed by atoms with Gasteiger partial charge in [-0.15, -0.1) is 10.2 Å². The summed E-state index contributed by atoms with van der Waals surface area (Å²) in [4.78, 5) is 12.2. The van der Waals surface area contributed by atoms with Gasteiger partial charge >= 0.3 is 12.4 Å². The van der Waals surface area contributed by atoms with Gasteiger partial charge in [-0.25, -0.2) is 0 Å². The molecule has 0 unspecified atom stereocenters. The van der Waals surface area contributed by atoms with Gasteiger partial charge in [-0.05, 0) is 75.8 Å². The van der Waals surface area contributed by atoms with Gasteiger partial charge < -0.3 is 5.32 Å². The van der Waals surface area contributed by atoms with Gasteiger partial charge in [0.15, 0.2) is 0 Å². The minimum atomic E-state index is -4.98. The Bertz CT molecular complexity index is 1090. The molecular weight excluding hydrogens is 543 g/mol. The normalized spacial score (nSPS) is 12.4. The highest BCUT2D eigenvalue weighted by atomic mass is 127. The second kappa shape index (κ2) is 8.64. The van der Waals surface area contributed by atoms with Gasteiger partial charge in [-0.2, -0.15) is 31.6 Å². The van der Waals surface area contributed by atoms with E-state index in [1.807, 2.05) is 22.6 Å². The maximum Gasteiger partial charge on any atom is 0.416 e. The summed E-state index contributed by atoms with van der Waals surface area (Å²) in [6, 6.07) is 5.94. The van der Waals surface area contributed by atoms with E-state index in [4.69, 9.17) is 0 Å². The molecule has 0 spiro atoms. The van der Waals surface area contributed by atoms with E-state index in [0.29, 0.717) is 17.7 Å². The number of amides is 1. The highest BCUT2D eigenvalue weighted by molar-refractivity contribution is 14.1. The molecule has 3 aromatic rings. The number of anilines is 1. The summed E-state index contributed by atoms with van der Waals surface area (Å²) in [6.45, 7) is 0. The van der Waals surface area contributed by atoms with Crippen molar-refractivity contribution in [3.05, 3.63) is 62.7 Å². The third kappa shape index (κ3) is 5.80. The lowest BCUT2D eigenvalue weighted by atomic mass is 10.0. The number of tetrazole rings is 1. The Balaban J connectivity index is 1.87. The summed E-state index contributed by atoms with van der Waals surface area (Å²) in [5.41, 5.74) is -2.69. The monoisotopic (exact) mass is 553 g/mol. The number of carbonyl (C=O) groups is 1. The largest absolute Gasteiger partial charge is 0.416 e. The van der Waals surface area contributed by atoms with Crippen LogP contribution in [0.3, 0.4) is 0 Å². The predicted molar refractivity (Wildman–Crippen MR) is 106 cm³/mol. The van der Waals surface area contributed by atoms with E-state index in [0.717, 1.165) is 15.7 Å². The first kappa shape index (κ1) is 22.7. The smallest absolute Gasteiger partial charge is 0.322 e. The number of benzene rings is 2. The van der Waals surface area contributed by atoms with Crippen LogP contribution in [0.25, 0.3) is 17.5 Å². The van der Waals surface area contributed by atoms with Crippen molar-refractivity contribution in [2.45, 2.75) is 12.4 Å². The molecule has 0 atom stereocenters. The zero-order chi connectivity index (χ0) is 22.8. The molecule has 0 aliphatic heterocycles. The SMILES string of the molecule is O=C(/C=C/c1cc(C(F)(F)F)cc(C(F)(F)F)c1)Nc1ccc(I)cc1-c1nn[nH]n1. The average Bonchev–Trinajstić information content (AvgIpc) is 3.21. The van der Waals surface area contributed by atoms with Crippen LogP contribution < -0.4 is 5.32 Å². The van der Waals surface area contributed by atoms with Crippen molar-refractivity contribution < 1.29 is 31.1 Å². The van der Waals surface area contributed by atoms with E-state index in [-0.39, 0.29) is 17.6 Å². The standard InChI is InChI=1S/C18H10F6IN5O/c19-17(20,21)10-5-9(6-11(7-10)18(22,23)24)1-4-15(31)26-14-3-2-12(25)8-13(14)16-27-29-30-28-16/h1-8H,(H,26,31)(H,27,28,29,30)/b4-1+. The van der Waals surface area contributed by atoms with Crippen molar-refractivity contribution in [1.29, 1.82) is 0 Å². The fourth-order valence-corrected chi connectivity index (χ4v) is 3.00. The van der Waals surface area contributed by atoms with E-state index in [2.05, 4.69) is 25.9 Å². The van der Waals surface area contributed by atoms with Crippen LogP contribution in [0.1, 0.15) is 16.7 Å². The van der Waals surface area contributed by atoms with Crippen molar-refractivity contribution >= 4 is 40.3 Å². The van der Waals surface area contributed by atoms with Crippen molar-refractivity contribution in [3.8, 4) is 11.4 Å². The van der Waals surface area contributed by atoms with Crippen LogP contribution in [0.15, 0.2) is 42.5 Å². The van der Waals surface area contributed by atoms with Crippen molar-refractivity contribution in [1.82, 2.24) is 20.6 Å². The number of aromatic amines is 1. The second-order valence-corrected chi connectivity index (χ2v) is 7.33. The number of hydrogen-bond donors (Lipinski definition) is 2. The number of carbonyl (C=O) groups excluding carboxylic acids is 1. The van der Waals surface area contributed by atoms with E-state index in [1.54, 1.807) is 18.2 Å². The van der Waals surface area contributed by atoms with Crippen molar-refractivity contribution in [3.63, 3.8) is 0 Å². The Morgan fingerprint density at radius 3 is 2.19 bits per heavy atom. The Kier molecular flexibility index (Phi) is 6.33. The number of nitrogens with zero attached hydrogens (tertiary/aromatic N) is 3. The molecule has 31 heavy (non-hydrogen) atoms. The number of H-pyrrole nitrogens is 1. The summed E-state index contributed by atoms with van der Waals surface area (Å²) in [5, 5.41) is 15.8. The third-order valence-electron chi connectivity index (χ3n) is 3.86. The van der Waals surface area contributed by atoms with Crippen LogP contribution in [0.4, 0.5) is 32.0 Å². The predicted octanol–water partition coefficient (Wildman–Crippen LogP) is 5.16.